The average molecular weight is 652 g/mol. The molecule has 0 aromatic heterocycles. The molecular formula is C49H33NO. The Morgan fingerprint density at radius 3 is 1.69 bits per heavy atom. The lowest BCUT2D eigenvalue weighted by Crippen LogP contribution is -2.16. The van der Waals surface area contributed by atoms with Crippen LogP contribution in [0.4, 0.5) is 17.1 Å². The van der Waals surface area contributed by atoms with Gasteiger partial charge in [-0.2, -0.15) is 0 Å². The van der Waals surface area contributed by atoms with Gasteiger partial charge >= 0.3 is 0 Å². The van der Waals surface area contributed by atoms with E-state index in [4.69, 9.17) is 4.74 Å². The van der Waals surface area contributed by atoms with Crippen molar-refractivity contribution in [2.24, 2.45) is 0 Å². The Balaban J connectivity index is 1.31. The largest absolute Gasteiger partial charge is 0.488 e. The molecule has 51 heavy (non-hydrogen) atoms. The van der Waals surface area contributed by atoms with Crippen LogP contribution in [0.2, 0.25) is 0 Å². The second-order valence-electron chi connectivity index (χ2n) is 13.2. The zero-order valence-electron chi connectivity index (χ0n) is 28.0. The first-order valence-corrected chi connectivity index (χ1v) is 17.5. The third-order valence-corrected chi connectivity index (χ3v) is 10.3. The number of anilines is 3. The maximum Gasteiger partial charge on any atom is 0.127 e. The van der Waals surface area contributed by atoms with Gasteiger partial charge in [-0.05, 0) is 79.3 Å². The van der Waals surface area contributed by atoms with Crippen LogP contribution in [-0.2, 0) is 6.61 Å². The van der Waals surface area contributed by atoms with Gasteiger partial charge in [0.1, 0.15) is 12.4 Å². The molecule has 2 nitrogen and oxygen atoms in total. The smallest absolute Gasteiger partial charge is 0.127 e. The highest BCUT2D eigenvalue weighted by molar-refractivity contribution is 6.15. The summed E-state index contributed by atoms with van der Waals surface area (Å²) >= 11 is 0. The predicted octanol–water partition coefficient (Wildman–Crippen LogP) is 13.5. The lowest BCUT2D eigenvalue weighted by molar-refractivity contribution is 0.302. The minimum atomic E-state index is 0.524. The number of para-hydroxylation sites is 3. The zero-order valence-corrected chi connectivity index (χ0v) is 28.0. The highest BCUT2D eigenvalue weighted by Gasteiger charge is 2.28. The molecule has 0 saturated heterocycles. The summed E-state index contributed by atoms with van der Waals surface area (Å²) in [5, 5.41) is 7.44. The molecule has 0 saturated carbocycles. The van der Waals surface area contributed by atoms with Crippen LogP contribution < -0.4 is 9.64 Å². The highest BCUT2D eigenvalue weighted by Crippen LogP contribution is 2.52. The molecule has 0 aliphatic carbocycles. The average Bonchev–Trinajstić information content (AvgIpc) is 3.21. The molecule has 1 aliphatic heterocycles. The number of hydrogen-bond acceptors (Lipinski definition) is 2. The number of benzene rings is 9. The Hall–Kier alpha value is -6.64. The monoisotopic (exact) mass is 651 g/mol. The van der Waals surface area contributed by atoms with E-state index in [9.17, 15) is 0 Å². The highest BCUT2D eigenvalue weighted by atomic mass is 16.5. The van der Waals surface area contributed by atoms with Crippen molar-refractivity contribution in [1.29, 1.82) is 0 Å². The predicted molar refractivity (Wildman–Crippen MR) is 214 cm³/mol. The molecule has 0 unspecified atom stereocenters. The summed E-state index contributed by atoms with van der Waals surface area (Å²) in [5.41, 5.74) is 11.6. The second kappa shape index (κ2) is 12.0. The van der Waals surface area contributed by atoms with Gasteiger partial charge in [-0.1, -0.05) is 158 Å². The summed E-state index contributed by atoms with van der Waals surface area (Å²) in [6.07, 6.45) is 0. The van der Waals surface area contributed by atoms with Crippen LogP contribution >= 0.6 is 0 Å². The molecule has 0 bridgehead atoms. The van der Waals surface area contributed by atoms with Gasteiger partial charge in [0.25, 0.3) is 0 Å². The third-order valence-electron chi connectivity index (χ3n) is 10.3. The molecule has 1 heterocycles. The van der Waals surface area contributed by atoms with Gasteiger partial charge in [0, 0.05) is 22.3 Å². The van der Waals surface area contributed by atoms with E-state index in [1.807, 2.05) is 0 Å². The zero-order chi connectivity index (χ0) is 33.7. The fourth-order valence-corrected chi connectivity index (χ4v) is 8.08. The Bertz CT molecular complexity index is 2770. The van der Waals surface area contributed by atoms with Crippen molar-refractivity contribution in [1.82, 2.24) is 0 Å². The van der Waals surface area contributed by atoms with E-state index < -0.39 is 0 Å². The van der Waals surface area contributed by atoms with Crippen LogP contribution in [0.1, 0.15) is 5.56 Å². The molecule has 1 aliphatic rings. The first-order chi connectivity index (χ1) is 25.3. The van der Waals surface area contributed by atoms with E-state index in [0.29, 0.717) is 6.61 Å². The molecule has 2 heteroatoms. The quantitative estimate of drug-likeness (QED) is 0.172. The Morgan fingerprint density at radius 2 is 0.882 bits per heavy atom. The van der Waals surface area contributed by atoms with Gasteiger partial charge < -0.3 is 9.64 Å². The molecule has 0 spiro atoms. The number of ether oxygens (including phenoxy) is 1. The summed E-state index contributed by atoms with van der Waals surface area (Å²) in [7, 11) is 0. The number of nitrogens with zero attached hydrogens (tertiary/aromatic N) is 1. The molecule has 0 fully saturated rings. The van der Waals surface area contributed by atoms with Gasteiger partial charge in [0.2, 0.25) is 0 Å². The first-order valence-electron chi connectivity index (χ1n) is 17.5. The van der Waals surface area contributed by atoms with Crippen LogP contribution in [0, 0.1) is 0 Å². The van der Waals surface area contributed by atoms with Gasteiger partial charge in [-0.15, -0.1) is 0 Å². The van der Waals surface area contributed by atoms with Crippen molar-refractivity contribution >= 4 is 49.4 Å². The summed E-state index contributed by atoms with van der Waals surface area (Å²) in [5.74, 6) is 0.911. The van der Waals surface area contributed by atoms with E-state index >= 15 is 0 Å². The molecule has 0 N–H and O–H groups in total. The van der Waals surface area contributed by atoms with Crippen molar-refractivity contribution in [2.75, 3.05) is 4.90 Å². The topological polar surface area (TPSA) is 12.5 Å². The Kier molecular flexibility index (Phi) is 6.92. The van der Waals surface area contributed by atoms with Crippen LogP contribution in [0.25, 0.3) is 65.7 Å². The standard InChI is InChI=1S/C49H33NO/c1-3-19-36-33(15-1)17-13-26-39(36)41-23-7-10-27-45(41)50(47-29-14-18-35-32-51-48-30-12-9-25-43(48)49(35)47)46-28-11-8-24-42(46)44-31-34-16-2-4-20-37(34)38-21-5-6-22-40(38)44/h1-31H,32H2. The third kappa shape index (κ3) is 4.80. The van der Waals surface area contributed by atoms with Crippen LogP contribution in [0.3, 0.4) is 0 Å². The molecule has 9 aromatic carbocycles. The van der Waals surface area contributed by atoms with E-state index in [2.05, 4.69) is 193 Å². The van der Waals surface area contributed by atoms with Crippen LogP contribution in [0.15, 0.2) is 188 Å². The Morgan fingerprint density at radius 1 is 0.353 bits per heavy atom. The van der Waals surface area contributed by atoms with E-state index in [1.54, 1.807) is 0 Å². The SMILES string of the molecule is c1ccc2c(c1)OCc1cccc(N(c3ccccc3-c3cccc4ccccc34)c3ccccc3-c3cc4ccccc4c4ccccc34)c1-2. The van der Waals surface area contributed by atoms with Gasteiger partial charge in [-0.25, -0.2) is 0 Å². The van der Waals surface area contributed by atoms with Crippen LogP contribution in [0.5, 0.6) is 5.75 Å². The van der Waals surface area contributed by atoms with Crippen molar-refractivity contribution in [2.45, 2.75) is 6.61 Å². The van der Waals surface area contributed by atoms with Crippen molar-refractivity contribution in [3.05, 3.63) is 194 Å². The fraction of sp³-hybridized carbons (Fsp3) is 0.0204. The lowest BCUT2D eigenvalue weighted by atomic mass is 9.90. The number of rotatable bonds is 5. The number of hydrogen-bond donors (Lipinski definition) is 0. The van der Waals surface area contributed by atoms with E-state index in [-0.39, 0.29) is 0 Å². The molecule has 0 amide bonds. The first kappa shape index (κ1) is 29.3. The maximum absolute atomic E-state index is 6.30. The normalized spacial score (nSPS) is 12.0. The fourth-order valence-electron chi connectivity index (χ4n) is 8.08. The molecule has 0 atom stereocenters. The summed E-state index contributed by atoms with van der Waals surface area (Å²) in [4.78, 5) is 2.50. The molecule has 9 aromatic rings. The van der Waals surface area contributed by atoms with E-state index in [1.165, 1.54) is 65.7 Å². The molecule has 240 valence electrons. The van der Waals surface area contributed by atoms with Gasteiger partial charge in [0.05, 0.1) is 17.1 Å². The number of fused-ring (bicyclic) bond motifs is 7. The van der Waals surface area contributed by atoms with Gasteiger partial charge in [-0.3, -0.25) is 0 Å². The second-order valence-corrected chi connectivity index (χ2v) is 13.2. The van der Waals surface area contributed by atoms with Crippen molar-refractivity contribution in [3.63, 3.8) is 0 Å². The summed E-state index contributed by atoms with van der Waals surface area (Å²) in [6.45, 7) is 0.524. The van der Waals surface area contributed by atoms with Crippen LogP contribution in [-0.4, -0.2) is 0 Å². The maximum atomic E-state index is 6.30. The minimum Gasteiger partial charge on any atom is -0.488 e. The summed E-state index contributed by atoms with van der Waals surface area (Å²) in [6, 6.07) is 68.1. The Labute approximate surface area is 297 Å². The summed E-state index contributed by atoms with van der Waals surface area (Å²) < 4.78 is 6.30. The molecular weight excluding hydrogens is 619 g/mol. The minimum absolute atomic E-state index is 0.524. The van der Waals surface area contributed by atoms with Crippen molar-refractivity contribution in [3.8, 4) is 39.1 Å². The van der Waals surface area contributed by atoms with Crippen molar-refractivity contribution < 1.29 is 4.74 Å². The lowest BCUT2D eigenvalue weighted by Gasteiger charge is -2.34. The molecule has 10 rings (SSSR count). The van der Waals surface area contributed by atoms with E-state index in [0.717, 1.165) is 28.4 Å². The van der Waals surface area contributed by atoms with Gasteiger partial charge in [0.15, 0.2) is 0 Å². The molecule has 0 radical (unpaired) electrons.